The molecule has 1 aliphatic heterocycles. The lowest BCUT2D eigenvalue weighted by molar-refractivity contribution is -0.129. The molecule has 1 amide bonds. The molecule has 1 saturated heterocycles. The van der Waals surface area contributed by atoms with Crippen molar-refractivity contribution >= 4 is 17.5 Å². The second kappa shape index (κ2) is 5.80. The molecule has 2 rings (SSSR count). The molecule has 104 valence electrons. The molecule has 1 aromatic rings. The highest BCUT2D eigenvalue weighted by atomic mass is 35.5. The Balaban J connectivity index is 2.32. The van der Waals surface area contributed by atoms with Crippen LogP contribution in [0.1, 0.15) is 31.4 Å². The number of nitrogens with zero attached hydrogens (tertiary/aromatic N) is 1. The van der Waals surface area contributed by atoms with E-state index in [0.717, 1.165) is 18.5 Å². The topological polar surface area (TPSA) is 55.6 Å². The lowest BCUT2D eigenvalue weighted by Crippen LogP contribution is -2.33. The van der Waals surface area contributed by atoms with Gasteiger partial charge in [0, 0.05) is 19.0 Å². The summed E-state index contributed by atoms with van der Waals surface area (Å²) in [6, 6.07) is 5.32. The summed E-state index contributed by atoms with van der Waals surface area (Å²) >= 11 is 6.15. The van der Waals surface area contributed by atoms with Crippen LogP contribution in [0.2, 0.25) is 5.02 Å². The molecule has 2 N–H and O–H groups in total. The Kier molecular flexibility index (Phi) is 4.32. The molecule has 1 heterocycles. The predicted molar refractivity (Wildman–Crippen MR) is 75.3 cm³/mol. The number of carbonyl (C=O) groups excluding carboxylic acids is 1. The molecule has 2 unspecified atom stereocenters. The number of rotatable bonds is 4. The number of hydrogen-bond acceptors (Lipinski definition) is 3. The van der Waals surface area contributed by atoms with Gasteiger partial charge in [-0.25, -0.2) is 0 Å². The Morgan fingerprint density at radius 1 is 1.53 bits per heavy atom. The van der Waals surface area contributed by atoms with Crippen molar-refractivity contribution in [3.05, 3.63) is 28.8 Å². The monoisotopic (exact) mass is 282 g/mol. The summed E-state index contributed by atoms with van der Waals surface area (Å²) in [6.45, 7) is 2.77. The normalized spacial score (nSPS) is 22.9. The third-order valence-electron chi connectivity index (χ3n) is 3.45. The van der Waals surface area contributed by atoms with Crippen LogP contribution in [0.25, 0.3) is 0 Å². The van der Waals surface area contributed by atoms with E-state index in [1.807, 2.05) is 23.1 Å². The van der Waals surface area contributed by atoms with Crippen molar-refractivity contribution in [3.8, 4) is 5.75 Å². The first kappa shape index (κ1) is 14.2. The standard InChI is InChI=1S/C14H19ClN2O2/c1-3-6-17-13(18)8-11(16)14(17)9-4-5-12(19-2)10(15)7-9/h4-5,7,11,14H,3,6,8,16H2,1-2H3. The van der Waals surface area contributed by atoms with E-state index in [9.17, 15) is 4.79 Å². The van der Waals surface area contributed by atoms with Crippen LogP contribution in [-0.4, -0.2) is 30.5 Å². The molecule has 2 atom stereocenters. The highest BCUT2D eigenvalue weighted by molar-refractivity contribution is 6.32. The number of nitrogens with two attached hydrogens (primary N) is 1. The van der Waals surface area contributed by atoms with Crippen LogP contribution in [0.15, 0.2) is 18.2 Å². The summed E-state index contributed by atoms with van der Waals surface area (Å²) in [5.41, 5.74) is 7.08. The van der Waals surface area contributed by atoms with Gasteiger partial charge in [0.1, 0.15) is 5.75 Å². The molecular formula is C14H19ClN2O2. The summed E-state index contributed by atoms with van der Waals surface area (Å²) in [5.74, 6) is 0.747. The van der Waals surface area contributed by atoms with Gasteiger partial charge in [0.15, 0.2) is 0 Å². The van der Waals surface area contributed by atoms with Gasteiger partial charge in [-0.3, -0.25) is 4.79 Å². The molecule has 0 bridgehead atoms. The van der Waals surface area contributed by atoms with Gasteiger partial charge in [0.25, 0.3) is 0 Å². The molecule has 1 fully saturated rings. The van der Waals surface area contributed by atoms with Crippen LogP contribution >= 0.6 is 11.6 Å². The summed E-state index contributed by atoms with van der Waals surface area (Å²) in [6.07, 6.45) is 1.31. The molecule has 0 radical (unpaired) electrons. The highest BCUT2D eigenvalue weighted by Gasteiger charge is 2.38. The second-order valence-corrected chi connectivity index (χ2v) is 5.20. The minimum Gasteiger partial charge on any atom is -0.495 e. The predicted octanol–water partition coefficient (Wildman–Crippen LogP) is 2.36. The zero-order valence-corrected chi connectivity index (χ0v) is 12.0. The molecule has 0 aliphatic carbocycles. The van der Waals surface area contributed by atoms with Crippen molar-refractivity contribution in [2.75, 3.05) is 13.7 Å². The molecule has 1 aromatic carbocycles. The van der Waals surface area contributed by atoms with Crippen LogP contribution in [-0.2, 0) is 4.79 Å². The lowest BCUT2D eigenvalue weighted by atomic mass is 10.0. The van der Waals surface area contributed by atoms with E-state index < -0.39 is 0 Å². The molecule has 1 aliphatic rings. The van der Waals surface area contributed by atoms with Gasteiger partial charge >= 0.3 is 0 Å². The van der Waals surface area contributed by atoms with Crippen molar-refractivity contribution in [1.29, 1.82) is 0 Å². The van der Waals surface area contributed by atoms with Gasteiger partial charge in [0.05, 0.1) is 18.2 Å². The number of ether oxygens (including phenoxy) is 1. The van der Waals surface area contributed by atoms with E-state index in [1.165, 1.54) is 0 Å². The van der Waals surface area contributed by atoms with Gasteiger partial charge in [0.2, 0.25) is 5.91 Å². The first-order valence-corrected chi connectivity index (χ1v) is 6.84. The van der Waals surface area contributed by atoms with E-state index in [0.29, 0.717) is 17.2 Å². The second-order valence-electron chi connectivity index (χ2n) is 4.79. The first-order chi connectivity index (χ1) is 9.08. The maximum atomic E-state index is 12.0. The zero-order chi connectivity index (χ0) is 14.0. The maximum absolute atomic E-state index is 12.0. The molecular weight excluding hydrogens is 264 g/mol. The van der Waals surface area contributed by atoms with E-state index in [2.05, 4.69) is 6.92 Å². The summed E-state index contributed by atoms with van der Waals surface area (Å²) in [4.78, 5) is 13.8. The Hall–Kier alpha value is -1.26. The van der Waals surface area contributed by atoms with E-state index >= 15 is 0 Å². The van der Waals surface area contributed by atoms with Crippen LogP contribution < -0.4 is 10.5 Å². The summed E-state index contributed by atoms with van der Waals surface area (Å²) < 4.78 is 5.14. The van der Waals surface area contributed by atoms with Crippen LogP contribution in [0.3, 0.4) is 0 Å². The van der Waals surface area contributed by atoms with Gasteiger partial charge in [-0.15, -0.1) is 0 Å². The Morgan fingerprint density at radius 2 is 2.26 bits per heavy atom. The van der Waals surface area contributed by atoms with Gasteiger partial charge < -0.3 is 15.4 Å². The molecule has 19 heavy (non-hydrogen) atoms. The van der Waals surface area contributed by atoms with Crippen molar-refractivity contribution in [2.24, 2.45) is 5.73 Å². The first-order valence-electron chi connectivity index (χ1n) is 6.47. The lowest BCUT2D eigenvalue weighted by Gasteiger charge is -2.27. The fourth-order valence-electron chi connectivity index (χ4n) is 2.62. The summed E-state index contributed by atoms with van der Waals surface area (Å²) in [5, 5.41) is 0.544. The van der Waals surface area contributed by atoms with Crippen molar-refractivity contribution in [2.45, 2.75) is 31.8 Å². The van der Waals surface area contributed by atoms with Gasteiger partial charge in [-0.2, -0.15) is 0 Å². The average Bonchev–Trinajstić information content (AvgIpc) is 2.65. The van der Waals surface area contributed by atoms with E-state index in [-0.39, 0.29) is 18.0 Å². The van der Waals surface area contributed by atoms with Crippen LogP contribution in [0.5, 0.6) is 5.75 Å². The summed E-state index contributed by atoms with van der Waals surface area (Å²) in [7, 11) is 1.58. The van der Waals surface area contributed by atoms with Crippen molar-refractivity contribution < 1.29 is 9.53 Å². The maximum Gasteiger partial charge on any atom is 0.224 e. The van der Waals surface area contributed by atoms with E-state index in [1.54, 1.807) is 7.11 Å². The molecule has 5 heteroatoms. The number of likely N-dealkylation sites (tertiary alicyclic amines) is 1. The SMILES string of the molecule is CCCN1C(=O)CC(N)C1c1ccc(OC)c(Cl)c1. The zero-order valence-electron chi connectivity index (χ0n) is 11.2. The Morgan fingerprint density at radius 3 is 2.84 bits per heavy atom. The number of amides is 1. The van der Waals surface area contributed by atoms with E-state index in [4.69, 9.17) is 22.1 Å². The third kappa shape index (κ3) is 2.69. The Labute approximate surface area is 118 Å². The highest BCUT2D eigenvalue weighted by Crippen LogP contribution is 2.35. The van der Waals surface area contributed by atoms with Crippen LogP contribution in [0.4, 0.5) is 0 Å². The van der Waals surface area contributed by atoms with Crippen LogP contribution in [0, 0.1) is 0 Å². The average molecular weight is 283 g/mol. The fraction of sp³-hybridized carbons (Fsp3) is 0.500. The van der Waals surface area contributed by atoms with Crippen molar-refractivity contribution in [1.82, 2.24) is 4.90 Å². The molecule has 0 spiro atoms. The van der Waals surface area contributed by atoms with Gasteiger partial charge in [-0.1, -0.05) is 24.6 Å². The molecule has 4 nitrogen and oxygen atoms in total. The number of halogens is 1. The minimum atomic E-state index is -0.177. The molecule has 0 aromatic heterocycles. The largest absolute Gasteiger partial charge is 0.495 e. The number of hydrogen-bond donors (Lipinski definition) is 1. The van der Waals surface area contributed by atoms with Crippen molar-refractivity contribution in [3.63, 3.8) is 0 Å². The number of carbonyl (C=O) groups is 1. The van der Waals surface area contributed by atoms with Gasteiger partial charge in [-0.05, 0) is 24.1 Å². The fourth-order valence-corrected chi connectivity index (χ4v) is 2.88. The molecule has 0 saturated carbocycles. The minimum absolute atomic E-state index is 0.0872. The quantitative estimate of drug-likeness (QED) is 0.922. The smallest absolute Gasteiger partial charge is 0.224 e. The number of benzene rings is 1. The Bertz CT molecular complexity index is 479. The third-order valence-corrected chi connectivity index (χ3v) is 3.75. The number of methoxy groups -OCH3 is 1.